The summed E-state index contributed by atoms with van der Waals surface area (Å²) in [5, 5.41) is 3.02. The van der Waals surface area contributed by atoms with Crippen molar-refractivity contribution in [1.82, 2.24) is 10.2 Å². The molecule has 18 heavy (non-hydrogen) atoms. The smallest absolute Gasteiger partial charge is 0.259 e. The second-order valence-electron chi connectivity index (χ2n) is 3.79. The van der Waals surface area contributed by atoms with Gasteiger partial charge in [-0.2, -0.15) is 0 Å². The van der Waals surface area contributed by atoms with Crippen LogP contribution in [0, 0.1) is 17.5 Å². The lowest BCUT2D eigenvalue weighted by Crippen LogP contribution is -2.46. The first kappa shape index (κ1) is 14.8. The molecule has 1 amide bonds. The van der Waals surface area contributed by atoms with Crippen LogP contribution >= 0.6 is 12.4 Å². The fourth-order valence-corrected chi connectivity index (χ4v) is 1.77. The number of amides is 1. The first-order valence-corrected chi connectivity index (χ1v) is 5.24. The molecule has 0 atom stereocenters. The van der Waals surface area contributed by atoms with E-state index in [9.17, 15) is 18.0 Å². The summed E-state index contributed by atoms with van der Waals surface area (Å²) in [6.45, 7) is 1.93. The number of piperazine rings is 1. The van der Waals surface area contributed by atoms with Crippen molar-refractivity contribution >= 4 is 18.3 Å². The molecular weight excluding hydrogens is 269 g/mol. The Morgan fingerprint density at radius 2 is 1.61 bits per heavy atom. The molecular formula is C11H12ClF3N2O. The van der Waals surface area contributed by atoms with Crippen LogP contribution in [0.3, 0.4) is 0 Å². The molecule has 3 nitrogen and oxygen atoms in total. The minimum atomic E-state index is -1.16. The maximum Gasteiger partial charge on any atom is 0.259 e. The molecule has 2 rings (SSSR count). The molecule has 0 aromatic heterocycles. The summed E-state index contributed by atoms with van der Waals surface area (Å²) in [6, 6.07) is 1.02. The Morgan fingerprint density at radius 3 is 2.11 bits per heavy atom. The second kappa shape index (κ2) is 6.06. The van der Waals surface area contributed by atoms with Crippen LogP contribution in [0.25, 0.3) is 0 Å². The minimum Gasteiger partial charge on any atom is -0.336 e. The molecule has 0 unspecified atom stereocenters. The SMILES string of the molecule is Cl.O=C(c1c(F)cc(F)cc1F)N1CCNCC1. The van der Waals surface area contributed by atoms with Gasteiger partial charge >= 0.3 is 0 Å². The molecule has 1 aliphatic rings. The van der Waals surface area contributed by atoms with Crippen molar-refractivity contribution in [2.24, 2.45) is 0 Å². The molecule has 0 spiro atoms. The number of benzene rings is 1. The number of nitrogens with zero attached hydrogens (tertiary/aromatic N) is 1. The number of carbonyl (C=O) groups excluding carboxylic acids is 1. The summed E-state index contributed by atoms with van der Waals surface area (Å²) < 4.78 is 39.4. The normalized spacial score (nSPS) is 15.2. The lowest BCUT2D eigenvalue weighted by Gasteiger charge is -2.27. The zero-order valence-electron chi connectivity index (χ0n) is 9.38. The predicted octanol–water partition coefficient (Wildman–Crippen LogP) is 1.57. The molecule has 1 N–H and O–H groups in total. The Bertz CT molecular complexity index is 427. The van der Waals surface area contributed by atoms with Crippen molar-refractivity contribution in [2.45, 2.75) is 0 Å². The molecule has 1 saturated heterocycles. The van der Waals surface area contributed by atoms with Crippen LogP contribution in [0.5, 0.6) is 0 Å². The van der Waals surface area contributed by atoms with Crippen LogP contribution in [0.4, 0.5) is 13.2 Å². The third-order valence-electron chi connectivity index (χ3n) is 2.62. The van der Waals surface area contributed by atoms with Crippen LogP contribution in [0.15, 0.2) is 12.1 Å². The fourth-order valence-electron chi connectivity index (χ4n) is 1.77. The zero-order chi connectivity index (χ0) is 12.4. The van der Waals surface area contributed by atoms with E-state index in [2.05, 4.69) is 5.32 Å². The Balaban J connectivity index is 0.00000162. The van der Waals surface area contributed by atoms with Crippen LogP contribution in [-0.2, 0) is 0 Å². The number of halogens is 4. The van der Waals surface area contributed by atoms with Gasteiger partial charge in [0.25, 0.3) is 5.91 Å². The number of carbonyl (C=O) groups is 1. The van der Waals surface area contributed by atoms with Gasteiger partial charge in [-0.25, -0.2) is 13.2 Å². The first-order chi connectivity index (χ1) is 8.09. The van der Waals surface area contributed by atoms with Gasteiger partial charge in [0, 0.05) is 38.3 Å². The third kappa shape index (κ3) is 2.94. The van der Waals surface area contributed by atoms with Crippen molar-refractivity contribution in [1.29, 1.82) is 0 Å². The maximum absolute atomic E-state index is 13.4. The van der Waals surface area contributed by atoms with E-state index in [0.717, 1.165) is 0 Å². The van der Waals surface area contributed by atoms with E-state index in [1.807, 2.05) is 0 Å². The molecule has 1 fully saturated rings. The topological polar surface area (TPSA) is 32.3 Å². The highest BCUT2D eigenvalue weighted by Gasteiger charge is 2.24. The van der Waals surface area contributed by atoms with Gasteiger partial charge in [0.15, 0.2) is 0 Å². The van der Waals surface area contributed by atoms with Gasteiger partial charge in [0.2, 0.25) is 0 Å². The quantitative estimate of drug-likeness (QED) is 0.847. The highest BCUT2D eigenvalue weighted by atomic mass is 35.5. The predicted molar refractivity (Wildman–Crippen MR) is 62.3 cm³/mol. The molecule has 0 bridgehead atoms. The van der Waals surface area contributed by atoms with Crippen molar-refractivity contribution < 1.29 is 18.0 Å². The number of nitrogens with one attached hydrogen (secondary N) is 1. The van der Waals surface area contributed by atoms with E-state index in [-0.39, 0.29) is 12.4 Å². The molecule has 1 heterocycles. The van der Waals surface area contributed by atoms with Gasteiger partial charge in [-0.15, -0.1) is 12.4 Å². The van der Waals surface area contributed by atoms with E-state index in [0.29, 0.717) is 38.3 Å². The minimum absolute atomic E-state index is 0. The van der Waals surface area contributed by atoms with Crippen LogP contribution in [0.2, 0.25) is 0 Å². The molecule has 1 aromatic rings. The highest BCUT2D eigenvalue weighted by Crippen LogP contribution is 2.17. The van der Waals surface area contributed by atoms with Gasteiger partial charge in [-0.3, -0.25) is 4.79 Å². The molecule has 7 heteroatoms. The van der Waals surface area contributed by atoms with Crippen LogP contribution in [0.1, 0.15) is 10.4 Å². The van der Waals surface area contributed by atoms with E-state index in [4.69, 9.17) is 0 Å². The van der Waals surface area contributed by atoms with E-state index in [1.165, 1.54) is 4.90 Å². The number of rotatable bonds is 1. The Hall–Kier alpha value is -1.27. The Kier molecular flexibility index (Phi) is 4.98. The van der Waals surface area contributed by atoms with Crippen molar-refractivity contribution in [3.63, 3.8) is 0 Å². The monoisotopic (exact) mass is 280 g/mol. The van der Waals surface area contributed by atoms with Crippen LogP contribution in [-0.4, -0.2) is 37.0 Å². The lowest BCUT2D eigenvalue weighted by atomic mass is 10.1. The summed E-state index contributed by atoms with van der Waals surface area (Å²) in [7, 11) is 0. The molecule has 100 valence electrons. The second-order valence-corrected chi connectivity index (χ2v) is 3.79. The molecule has 1 aromatic carbocycles. The molecule has 1 aliphatic heterocycles. The highest BCUT2D eigenvalue weighted by molar-refractivity contribution is 5.94. The molecule has 0 radical (unpaired) electrons. The Labute approximate surface area is 108 Å². The lowest BCUT2D eigenvalue weighted by molar-refractivity contribution is 0.0725. The van der Waals surface area contributed by atoms with Gasteiger partial charge < -0.3 is 10.2 Å². The first-order valence-electron chi connectivity index (χ1n) is 5.24. The summed E-state index contributed by atoms with van der Waals surface area (Å²) in [4.78, 5) is 13.2. The van der Waals surface area contributed by atoms with Gasteiger partial charge in [0.1, 0.15) is 23.0 Å². The average Bonchev–Trinajstić information content (AvgIpc) is 2.28. The Morgan fingerprint density at radius 1 is 1.11 bits per heavy atom. The van der Waals surface area contributed by atoms with Crippen molar-refractivity contribution in [3.8, 4) is 0 Å². The van der Waals surface area contributed by atoms with Crippen LogP contribution < -0.4 is 5.32 Å². The van der Waals surface area contributed by atoms with Gasteiger partial charge in [0.05, 0.1) is 0 Å². The molecule has 0 aliphatic carbocycles. The zero-order valence-corrected chi connectivity index (χ0v) is 10.2. The summed E-state index contributed by atoms with van der Waals surface area (Å²) in [6.07, 6.45) is 0. The third-order valence-corrected chi connectivity index (χ3v) is 2.62. The van der Waals surface area contributed by atoms with E-state index < -0.39 is 28.9 Å². The van der Waals surface area contributed by atoms with E-state index in [1.54, 1.807) is 0 Å². The summed E-state index contributed by atoms with van der Waals surface area (Å²) >= 11 is 0. The molecule has 0 saturated carbocycles. The maximum atomic E-state index is 13.4. The fraction of sp³-hybridized carbons (Fsp3) is 0.364. The van der Waals surface area contributed by atoms with E-state index >= 15 is 0 Å². The van der Waals surface area contributed by atoms with Gasteiger partial charge in [-0.05, 0) is 0 Å². The van der Waals surface area contributed by atoms with Gasteiger partial charge in [-0.1, -0.05) is 0 Å². The average molecular weight is 281 g/mol. The summed E-state index contributed by atoms with van der Waals surface area (Å²) in [5.74, 6) is -4.09. The summed E-state index contributed by atoms with van der Waals surface area (Å²) in [5.41, 5.74) is -0.687. The van der Waals surface area contributed by atoms with Crippen molar-refractivity contribution in [2.75, 3.05) is 26.2 Å². The van der Waals surface area contributed by atoms with Crippen molar-refractivity contribution in [3.05, 3.63) is 35.1 Å². The standard InChI is InChI=1S/C11H11F3N2O.ClH/c12-7-5-8(13)10(9(14)6-7)11(17)16-3-1-15-2-4-16;/h5-6,15H,1-4H2;1H. The number of hydrogen-bond acceptors (Lipinski definition) is 2. The number of hydrogen-bond donors (Lipinski definition) is 1. The largest absolute Gasteiger partial charge is 0.336 e.